The molecule has 0 aromatic heterocycles. The number of hydrogen-bond donors (Lipinski definition) is 7. The van der Waals surface area contributed by atoms with Crippen LogP contribution in [0.1, 0.15) is 124 Å². The number of amides is 5. The number of halogens is 1. The molecule has 1 heterocycles. The monoisotopic (exact) mass is 1060 g/mol. The van der Waals surface area contributed by atoms with E-state index in [1.54, 1.807) is 20.8 Å². The first-order valence-electron chi connectivity index (χ1n) is 25.9. The van der Waals surface area contributed by atoms with Gasteiger partial charge in [-0.1, -0.05) is 53.7 Å². The molecule has 0 spiro atoms. The van der Waals surface area contributed by atoms with E-state index in [2.05, 4.69) is 63.3 Å². The van der Waals surface area contributed by atoms with Crippen LogP contribution in [0.5, 0.6) is 0 Å². The van der Waals surface area contributed by atoms with Crippen molar-refractivity contribution in [2.75, 3.05) is 13.1 Å². The van der Waals surface area contributed by atoms with Gasteiger partial charge in [-0.25, -0.2) is 24.0 Å². The Labute approximate surface area is 438 Å². The number of carbonyl (C=O) groups excluding carboxylic acids is 6. The Kier molecular flexibility index (Phi) is 22.2. The lowest BCUT2D eigenvalue weighted by Gasteiger charge is -2.22. The number of imide groups is 1. The maximum atomic E-state index is 11.8. The molecule has 14 atom stereocenters. The number of aliphatic carboxylic acids is 2. The zero-order chi connectivity index (χ0) is 52.8. The first-order valence-corrected chi connectivity index (χ1v) is 25.9. The van der Waals surface area contributed by atoms with E-state index in [1.165, 1.54) is 6.42 Å². The minimum Gasteiger partial charge on any atom is -0.480 e. The molecule has 8 bridgehead atoms. The number of hydrogen-bond acceptors (Lipinski definition) is 15. The van der Waals surface area contributed by atoms with Crippen molar-refractivity contribution in [1.82, 2.24) is 21.0 Å². The van der Waals surface area contributed by atoms with E-state index in [4.69, 9.17) is 34.9 Å². The molecule has 0 radical (unpaired) electrons. The Morgan fingerprint density at radius 1 is 0.608 bits per heavy atom. The van der Waals surface area contributed by atoms with Gasteiger partial charge in [0.2, 0.25) is 0 Å². The van der Waals surface area contributed by atoms with Crippen molar-refractivity contribution in [2.24, 2.45) is 53.1 Å². The molecule has 9 aliphatic rings. The molecule has 9 rings (SSSR count). The summed E-state index contributed by atoms with van der Waals surface area (Å²) < 4.78 is 21.0. The number of unbranched alkanes of at least 4 members (excludes halogenated alkanes) is 2. The number of alkyl carbamates (subject to hydrolysis) is 3. The maximum Gasteiger partial charge on any atom is 0.534 e. The van der Waals surface area contributed by atoms with Gasteiger partial charge in [-0.15, -0.1) is 12.4 Å². The summed E-state index contributed by atoms with van der Waals surface area (Å²) in [4.78, 5) is 95.6. The van der Waals surface area contributed by atoms with Crippen LogP contribution in [0, 0.1) is 47.3 Å². The number of aliphatic hydroxyl groups excluding tert-OH is 1. The molecule has 21 nitrogen and oxygen atoms in total. The summed E-state index contributed by atoms with van der Waals surface area (Å²) in [7, 11) is 0. The lowest BCUT2D eigenvalue weighted by molar-refractivity contribution is -0.178. The highest BCUT2D eigenvalue weighted by atomic mass is 35.5. The van der Waals surface area contributed by atoms with E-state index in [1.807, 2.05) is 6.08 Å². The van der Waals surface area contributed by atoms with Crippen molar-refractivity contribution in [2.45, 2.75) is 166 Å². The van der Waals surface area contributed by atoms with Gasteiger partial charge in [0.15, 0.2) is 0 Å². The average Bonchev–Trinajstić information content (AvgIpc) is 4.19. The molecule has 74 heavy (non-hydrogen) atoms. The third-order valence-corrected chi connectivity index (χ3v) is 14.5. The minimum atomic E-state index is -1.11. The van der Waals surface area contributed by atoms with Gasteiger partial charge in [0.05, 0.1) is 6.10 Å². The number of hydroxylamine groups is 2. The Morgan fingerprint density at radius 2 is 1.04 bits per heavy atom. The van der Waals surface area contributed by atoms with Crippen LogP contribution in [-0.4, -0.2) is 124 Å². The molecule has 12 unspecified atom stereocenters. The maximum absolute atomic E-state index is 11.8. The molecule has 8 aliphatic carbocycles. The second-order valence-corrected chi connectivity index (χ2v) is 21.5. The highest BCUT2D eigenvalue weighted by Gasteiger charge is 2.42. The summed E-state index contributed by atoms with van der Waals surface area (Å²) in [6.07, 6.45) is 25.8. The largest absolute Gasteiger partial charge is 0.534 e. The third kappa shape index (κ3) is 18.3. The van der Waals surface area contributed by atoms with Crippen LogP contribution in [0.3, 0.4) is 0 Å². The number of carboxylic acid groups (broad SMARTS) is 2. The number of fused-ring (bicyclic) bond motifs is 8. The van der Waals surface area contributed by atoms with Gasteiger partial charge in [0.25, 0.3) is 11.8 Å². The number of ether oxygens (including phenoxy) is 4. The quantitative estimate of drug-likeness (QED) is 0.0265. The number of carbonyl (C=O) groups is 8. The predicted molar refractivity (Wildman–Crippen MR) is 268 cm³/mol. The van der Waals surface area contributed by atoms with Gasteiger partial charge in [0, 0.05) is 49.6 Å². The van der Waals surface area contributed by atoms with Gasteiger partial charge >= 0.3 is 36.4 Å². The lowest BCUT2D eigenvalue weighted by Crippen LogP contribution is -2.43. The van der Waals surface area contributed by atoms with Crippen LogP contribution >= 0.6 is 12.4 Å². The van der Waals surface area contributed by atoms with Crippen LogP contribution in [-0.2, 0) is 43.0 Å². The van der Waals surface area contributed by atoms with Gasteiger partial charge in [-0.3, -0.25) is 19.2 Å². The molecule has 412 valence electrons. The average molecular weight is 1060 g/mol. The van der Waals surface area contributed by atoms with Crippen molar-refractivity contribution in [3.63, 3.8) is 0 Å². The minimum absolute atomic E-state index is 0. The van der Waals surface area contributed by atoms with Crippen molar-refractivity contribution in [3.8, 4) is 0 Å². The molecule has 0 aromatic rings. The summed E-state index contributed by atoms with van der Waals surface area (Å²) in [6, 6.07) is -1.84. The van der Waals surface area contributed by atoms with E-state index in [9.17, 15) is 43.5 Å². The summed E-state index contributed by atoms with van der Waals surface area (Å²) in [5.74, 6) is 0.711. The Hall–Kier alpha value is -5.67. The van der Waals surface area contributed by atoms with Crippen molar-refractivity contribution >= 4 is 60.6 Å². The van der Waals surface area contributed by atoms with Crippen LogP contribution in [0.25, 0.3) is 0 Å². The van der Waals surface area contributed by atoms with Crippen LogP contribution < -0.4 is 21.7 Å². The Balaban J connectivity index is 0.000000192. The second-order valence-electron chi connectivity index (χ2n) is 21.5. The SMILES string of the molecule is CC(C)(C)OC(=O)N[C@@H](CCCCNC(=O)OC1CC2C=CC1C2)C(=O)O.Cl.N[C@@H](CCCCNC(=O)OC1CC2C=CC1C2)C(=O)O.O=C(OC1CC2C=CC1C2)ON1C(=O)CCC1=O.OC1CC2C=CC1C2. The molecule has 5 amide bonds. The fourth-order valence-electron chi connectivity index (χ4n) is 10.8. The predicted octanol–water partition coefficient (Wildman–Crippen LogP) is 6.62. The summed E-state index contributed by atoms with van der Waals surface area (Å²) in [6.45, 7) is 6.01. The normalized spacial score (nSPS) is 30.1. The summed E-state index contributed by atoms with van der Waals surface area (Å²) >= 11 is 0. The van der Waals surface area contributed by atoms with E-state index in [0.29, 0.717) is 85.8 Å². The molecule has 8 N–H and O–H groups in total. The Bertz CT molecular complexity index is 2100. The fraction of sp³-hybridized carbons (Fsp3) is 0.692. The molecule has 22 heteroatoms. The van der Waals surface area contributed by atoms with Crippen molar-refractivity contribution in [1.29, 1.82) is 0 Å². The number of aliphatic hydroxyl groups is 1. The molecule has 0 aromatic carbocycles. The number of nitrogens with two attached hydrogens (primary N) is 1. The number of rotatable bonds is 17. The zero-order valence-electron chi connectivity index (χ0n) is 42.5. The lowest BCUT2D eigenvalue weighted by atomic mass is 10.1. The highest BCUT2D eigenvalue weighted by molar-refractivity contribution is 6.01. The zero-order valence-corrected chi connectivity index (χ0v) is 43.3. The topological polar surface area (TPSA) is 309 Å². The molecular formula is C52H76ClN5O16. The summed E-state index contributed by atoms with van der Waals surface area (Å²) in [5.41, 5.74) is 4.70. The molecule has 5 fully saturated rings. The van der Waals surface area contributed by atoms with Gasteiger partial charge in [0.1, 0.15) is 36.0 Å². The summed E-state index contributed by atoms with van der Waals surface area (Å²) in [5, 5.41) is 35.3. The first-order chi connectivity index (χ1) is 34.7. The number of allylic oxidation sites excluding steroid dienone is 4. The highest BCUT2D eigenvalue weighted by Crippen LogP contribution is 2.43. The van der Waals surface area contributed by atoms with Crippen LogP contribution in [0.15, 0.2) is 48.6 Å². The number of nitrogens with one attached hydrogen (secondary N) is 3. The molecule has 1 aliphatic heterocycles. The number of carboxylic acids is 2. The van der Waals surface area contributed by atoms with E-state index in [-0.39, 0.29) is 68.1 Å². The van der Waals surface area contributed by atoms with E-state index < -0.39 is 59.8 Å². The molecular weight excluding hydrogens is 986 g/mol. The van der Waals surface area contributed by atoms with Crippen molar-refractivity contribution < 1.29 is 77.5 Å². The van der Waals surface area contributed by atoms with Crippen LogP contribution in [0.4, 0.5) is 19.2 Å². The van der Waals surface area contributed by atoms with Crippen LogP contribution in [0.2, 0.25) is 0 Å². The van der Waals surface area contributed by atoms with E-state index in [0.717, 1.165) is 50.9 Å². The van der Waals surface area contributed by atoms with E-state index >= 15 is 0 Å². The third-order valence-electron chi connectivity index (χ3n) is 14.5. The smallest absolute Gasteiger partial charge is 0.480 e. The Morgan fingerprint density at radius 3 is 1.39 bits per heavy atom. The number of nitrogens with zero attached hydrogens (tertiary/aromatic N) is 1. The van der Waals surface area contributed by atoms with Gasteiger partial charge in [-0.2, -0.15) is 0 Å². The van der Waals surface area contributed by atoms with Gasteiger partial charge < -0.3 is 56.0 Å². The molecule has 1 saturated heterocycles. The van der Waals surface area contributed by atoms with Crippen molar-refractivity contribution in [3.05, 3.63) is 48.6 Å². The first kappa shape index (κ1) is 59.2. The second kappa shape index (κ2) is 27.7. The standard InChI is InChI=1S/C19H30N2O6.C14H22N2O4.C12H13NO5.C7H10O.ClH/c1-19(2,3)27-18(25)21-14(16(22)23)6-4-5-9-20-17(24)26-15-11-12-7-8-13(15)10-12;15-11(13(17)18)3-1-2-6-16-14(19)20-12-8-9-4-5-10(12)7-9;14-10-3-4-11(15)13(10)18-12(16)17-9-6-7-1-2-8(9)5-7;8-7-4-5-1-2-6(7)3-5;/h7-8,12-15H,4-6,9-11H2,1-3H3,(H,20,24)(H,21,25)(H,22,23);4-5,9-12H,1-3,6-8,15H2,(H,16,19)(H,17,18);1-2,7-9H,3-6H2;1-2,5-8H,3-4H2;1H/t12?,13?,14-,15?;9?,10?,11-,12?;;;/m00.../s1. The van der Waals surface area contributed by atoms with Gasteiger partial charge in [-0.05, 0) is 134 Å². The fourth-order valence-corrected chi connectivity index (χ4v) is 10.8. The molecule has 4 saturated carbocycles.